The molecule has 0 bridgehead atoms. The molecule has 0 unspecified atom stereocenters. The molecule has 0 radical (unpaired) electrons. The quantitative estimate of drug-likeness (QED) is 0.734. The molecule has 0 amide bonds. The normalized spacial score (nSPS) is 11.7. The smallest absolute Gasteiger partial charge is 0.0991 e. The number of nitrogens with two attached hydrogens (primary N) is 1. The molecule has 0 saturated heterocycles. The van der Waals surface area contributed by atoms with Crippen LogP contribution in [0.2, 0.25) is 0 Å². The zero-order valence-electron chi connectivity index (χ0n) is 8.11. The first-order valence-corrected chi connectivity index (χ1v) is 4.64. The average molecular weight is 186 g/mol. The summed E-state index contributed by atoms with van der Waals surface area (Å²) in [6, 6.07) is 9.54. The number of nitrogens with zero attached hydrogens (tertiary/aromatic N) is 1. The van der Waals surface area contributed by atoms with E-state index in [2.05, 4.69) is 12.6 Å². The number of benzene rings is 1. The third-order valence-corrected chi connectivity index (χ3v) is 2.13. The summed E-state index contributed by atoms with van der Waals surface area (Å²) in [5, 5.41) is 8.71. The molecule has 0 aliphatic carbocycles. The summed E-state index contributed by atoms with van der Waals surface area (Å²) in [5.41, 5.74) is 7.63. The molecule has 1 aromatic rings. The van der Waals surface area contributed by atoms with Crippen LogP contribution in [-0.2, 0) is 0 Å². The van der Waals surface area contributed by atoms with Gasteiger partial charge in [0, 0.05) is 6.04 Å². The number of hydrogen-bond acceptors (Lipinski definition) is 2. The Morgan fingerprint density at radius 1 is 1.57 bits per heavy atom. The zero-order chi connectivity index (χ0) is 10.4. The van der Waals surface area contributed by atoms with E-state index in [0.29, 0.717) is 5.56 Å². The summed E-state index contributed by atoms with van der Waals surface area (Å²) in [6.45, 7) is 3.65. The Hall–Kier alpha value is -1.59. The van der Waals surface area contributed by atoms with E-state index in [1.165, 1.54) is 0 Å². The van der Waals surface area contributed by atoms with Gasteiger partial charge < -0.3 is 5.73 Å². The van der Waals surface area contributed by atoms with Gasteiger partial charge in [0.25, 0.3) is 0 Å². The van der Waals surface area contributed by atoms with E-state index in [4.69, 9.17) is 11.0 Å². The van der Waals surface area contributed by atoms with Crippen LogP contribution in [-0.4, -0.2) is 0 Å². The predicted molar refractivity (Wildman–Crippen MR) is 57.5 cm³/mol. The lowest BCUT2D eigenvalue weighted by Gasteiger charge is -2.10. The van der Waals surface area contributed by atoms with Crippen molar-refractivity contribution in [1.29, 1.82) is 5.26 Å². The summed E-state index contributed by atoms with van der Waals surface area (Å²) >= 11 is 0. The van der Waals surface area contributed by atoms with Crippen molar-refractivity contribution in [2.45, 2.75) is 18.9 Å². The lowest BCUT2D eigenvalue weighted by Crippen LogP contribution is -2.09. The first-order valence-electron chi connectivity index (χ1n) is 4.64. The number of nitriles is 1. The fraction of sp³-hybridized carbons (Fsp3) is 0.250. The largest absolute Gasteiger partial charge is 0.324 e. The summed E-state index contributed by atoms with van der Waals surface area (Å²) in [5.74, 6) is 0. The van der Waals surface area contributed by atoms with E-state index >= 15 is 0 Å². The van der Waals surface area contributed by atoms with Crippen molar-refractivity contribution in [1.82, 2.24) is 0 Å². The molecule has 2 nitrogen and oxygen atoms in total. The van der Waals surface area contributed by atoms with Gasteiger partial charge in [0.05, 0.1) is 11.6 Å². The molecule has 0 saturated carbocycles. The predicted octanol–water partition coefficient (Wildman–Crippen LogP) is 2.52. The van der Waals surface area contributed by atoms with Crippen LogP contribution in [0.3, 0.4) is 0 Å². The second kappa shape index (κ2) is 5.21. The van der Waals surface area contributed by atoms with Gasteiger partial charge >= 0.3 is 0 Å². The molecule has 1 aromatic carbocycles. The van der Waals surface area contributed by atoms with Crippen LogP contribution in [0.25, 0.3) is 0 Å². The van der Waals surface area contributed by atoms with Crippen LogP contribution < -0.4 is 5.73 Å². The van der Waals surface area contributed by atoms with Gasteiger partial charge in [-0.25, -0.2) is 0 Å². The van der Waals surface area contributed by atoms with Gasteiger partial charge in [-0.1, -0.05) is 18.2 Å². The Morgan fingerprint density at radius 2 is 2.36 bits per heavy atom. The maximum atomic E-state index is 8.71. The molecule has 14 heavy (non-hydrogen) atoms. The second-order valence-corrected chi connectivity index (χ2v) is 3.21. The van der Waals surface area contributed by atoms with Crippen LogP contribution in [0.4, 0.5) is 0 Å². The second-order valence-electron chi connectivity index (χ2n) is 3.21. The minimum Gasteiger partial charge on any atom is -0.324 e. The van der Waals surface area contributed by atoms with Crippen molar-refractivity contribution in [3.8, 4) is 6.07 Å². The fourth-order valence-electron chi connectivity index (χ4n) is 1.30. The van der Waals surface area contributed by atoms with Crippen LogP contribution >= 0.6 is 0 Å². The molecule has 0 fully saturated rings. The van der Waals surface area contributed by atoms with Gasteiger partial charge in [0.2, 0.25) is 0 Å². The van der Waals surface area contributed by atoms with Crippen LogP contribution in [0, 0.1) is 11.3 Å². The molecular formula is C12H14N2. The summed E-state index contributed by atoms with van der Waals surface area (Å²) in [7, 11) is 0. The highest BCUT2D eigenvalue weighted by molar-refractivity contribution is 5.34. The zero-order valence-corrected chi connectivity index (χ0v) is 8.11. The summed E-state index contributed by atoms with van der Waals surface area (Å²) in [4.78, 5) is 0. The van der Waals surface area contributed by atoms with Crippen LogP contribution in [0.5, 0.6) is 0 Å². The topological polar surface area (TPSA) is 49.8 Å². The van der Waals surface area contributed by atoms with Gasteiger partial charge in [-0.2, -0.15) is 5.26 Å². The number of hydrogen-bond donors (Lipinski definition) is 1. The molecule has 0 heterocycles. The van der Waals surface area contributed by atoms with Crippen molar-refractivity contribution in [3.05, 3.63) is 48.0 Å². The molecule has 2 N–H and O–H groups in total. The Kier molecular flexibility index (Phi) is 3.90. The molecular weight excluding hydrogens is 172 g/mol. The first kappa shape index (κ1) is 10.5. The molecule has 0 aliphatic heterocycles. The standard InChI is InChI=1S/C12H14N2/c1-2-3-7-12(14)11-6-4-5-10(8-11)9-13/h2,4-6,8,12H,1,3,7,14H2/t12-/m1/s1. The van der Waals surface area contributed by atoms with Crippen molar-refractivity contribution in [2.75, 3.05) is 0 Å². The number of rotatable bonds is 4. The lowest BCUT2D eigenvalue weighted by molar-refractivity contribution is 0.661. The molecule has 0 aromatic heterocycles. The molecule has 1 rings (SSSR count). The highest BCUT2D eigenvalue weighted by atomic mass is 14.6. The van der Waals surface area contributed by atoms with Crippen LogP contribution in [0.1, 0.15) is 30.0 Å². The van der Waals surface area contributed by atoms with Gasteiger partial charge in [-0.3, -0.25) is 0 Å². The van der Waals surface area contributed by atoms with Crippen molar-refractivity contribution in [2.24, 2.45) is 5.73 Å². The molecule has 1 atom stereocenters. The third-order valence-electron chi connectivity index (χ3n) is 2.13. The van der Waals surface area contributed by atoms with Crippen molar-refractivity contribution >= 4 is 0 Å². The van der Waals surface area contributed by atoms with Crippen molar-refractivity contribution in [3.63, 3.8) is 0 Å². The Labute approximate surface area is 84.7 Å². The number of allylic oxidation sites excluding steroid dienone is 1. The van der Waals surface area contributed by atoms with Gasteiger partial charge in [0.1, 0.15) is 0 Å². The highest BCUT2D eigenvalue weighted by Crippen LogP contribution is 2.16. The van der Waals surface area contributed by atoms with Gasteiger partial charge in [-0.05, 0) is 30.5 Å². The highest BCUT2D eigenvalue weighted by Gasteiger charge is 2.04. The van der Waals surface area contributed by atoms with Crippen LogP contribution in [0.15, 0.2) is 36.9 Å². The van der Waals surface area contributed by atoms with Crippen molar-refractivity contribution < 1.29 is 0 Å². The Balaban J connectivity index is 2.74. The van der Waals surface area contributed by atoms with E-state index in [-0.39, 0.29) is 6.04 Å². The van der Waals surface area contributed by atoms with Gasteiger partial charge in [-0.15, -0.1) is 6.58 Å². The van der Waals surface area contributed by atoms with E-state index in [0.717, 1.165) is 18.4 Å². The Bertz CT molecular complexity index is 350. The maximum absolute atomic E-state index is 8.71. The third kappa shape index (κ3) is 2.72. The maximum Gasteiger partial charge on any atom is 0.0991 e. The molecule has 2 heteroatoms. The molecule has 72 valence electrons. The molecule has 0 aliphatic rings. The first-order chi connectivity index (χ1) is 6.77. The minimum absolute atomic E-state index is 0.00120. The minimum atomic E-state index is 0.00120. The summed E-state index contributed by atoms with van der Waals surface area (Å²) in [6.07, 6.45) is 3.63. The van der Waals surface area contributed by atoms with E-state index in [1.54, 1.807) is 6.07 Å². The fourth-order valence-corrected chi connectivity index (χ4v) is 1.30. The van der Waals surface area contributed by atoms with E-state index < -0.39 is 0 Å². The van der Waals surface area contributed by atoms with E-state index in [9.17, 15) is 0 Å². The van der Waals surface area contributed by atoms with E-state index in [1.807, 2.05) is 24.3 Å². The Morgan fingerprint density at radius 3 is 3.00 bits per heavy atom. The molecule has 0 spiro atoms. The SMILES string of the molecule is C=CCC[C@@H](N)c1cccc(C#N)c1. The van der Waals surface area contributed by atoms with Gasteiger partial charge in [0.15, 0.2) is 0 Å². The monoisotopic (exact) mass is 186 g/mol. The average Bonchev–Trinajstić information content (AvgIpc) is 2.26. The summed E-state index contributed by atoms with van der Waals surface area (Å²) < 4.78 is 0. The lowest BCUT2D eigenvalue weighted by atomic mass is 10.0.